The van der Waals surface area contributed by atoms with Gasteiger partial charge in [-0.1, -0.05) is 12.1 Å². The number of carboxylic acids is 1. The molecule has 0 aliphatic heterocycles. The fourth-order valence-corrected chi connectivity index (χ4v) is 2.74. The fraction of sp³-hybridized carbons (Fsp3) is 0.167. The summed E-state index contributed by atoms with van der Waals surface area (Å²) < 4.78 is 45.1. The molecule has 0 saturated carbocycles. The second-order valence-electron chi connectivity index (χ2n) is 5.53. The number of ether oxygens (including phenoxy) is 1. The van der Waals surface area contributed by atoms with Crippen LogP contribution in [-0.4, -0.2) is 17.6 Å². The van der Waals surface area contributed by atoms with E-state index < -0.39 is 17.7 Å². The number of halogens is 3. The van der Waals surface area contributed by atoms with Gasteiger partial charge < -0.3 is 19.2 Å². The molecule has 2 aromatic carbocycles. The molecular weight excluding hydrogens is 335 g/mol. The molecule has 0 aliphatic carbocycles. The second kappa shape index (κ2) is 6.16. The third-order valence-electron chi connectivity index (χ3n) is 3.91. The highest BCUT2D eigenvalue weighted by molar-refractivity contribution is 5.94. The van der Waals surface area contributed by atoms with Crippen molar-refractivity contribution >= 4 is 16.9 Å². The first-order chi connectivity index (χ1) is 11.8. The standard InChI is InChI=1S/C18H14F3NO3/c1-25-14-5-6-15-12(8-14)9-16(17(23)24)22(15)10-11-3-2-4-13(7-11)18(19,20)21/h2-9H,10H2,1H3,(H,23,24)/p-1. The zero-order valence-electron chi connectivity index (χ0n) is 13.1. The van der Waals surface area contributed by atoms with E-state index in [1.165, 1.54) is 29.9 Å². The molecule has 25 heavy (non-hydrogen) atoms. The maximum Gasteiger partial charge on any atom is 0.416 e. The Morgan fingerprint density at radius 2 is 1.92 bits per heavy atom. The van der Waals surface area contributed by atoms with Gasteiger partial charge in [0.25, 0.3) is 0 Å². The Hall–Kier alpha value is -2.96. The zero-order chi connectivity index (χ0) is 18.2. The smallest absolute Gasteiger partial charge is 0.416 e. The van der Waals surface area contributed by atoms with E-state index in [4.69, 9.17) is 4.74 Å². The van der Waals surface area contributed by atoms with Crippen molar-refractivity contribution in [2.24, 2.45) is 0 Å². The van der Waals surface area contributed by atoms with Crippen molar-refractivity contribution in [3.05, 3.63) is 65.4 Å². The highest BCUT2D eigenvalue weighted by Crippen LogP contribution is 2.30. The molecule has 0 aliphatic rings. The Kier molecular flexibility index (Phi) is 4.16. The first-order valence-corrected chi connectivity index (χ1v) is 7.34. The van der Waals surface area contributed by atoms with Crippen molar-refractivity contribution in [1.29, 1.82) is 0 Å². The number of aromatic nitrogens is 1. The summed E-state index contributed by atoms with van der Waals surface area (Å²) in [6.07, 6.45) is -4.46. The predicted octanol–water partition coefficient (Wildman–Crippen LogP) is 3.08. The van der Waals surface area contributed by atoms with Gasteiger partial charge >= 0.3 is 6.18 Å². The van der Waals surface area contributed by atoms with Gasteiger partial charge in [0, 0.05) is 17.4 Å². The number of nitrogens with zero attached hydrogens (tertiary/aromatic N) is 1. The predicted molar refractivity (Wildman–Crippen MR) is 83.4 cm³/mol. The van der Waals surface area contributed by atoms with Crippen LogP contribution in [0, 0.1) is 0 Å². The van der Waals surface area contributed by atoms with Crippen LogP contribution in [0.2, 0.25) is 0 Å². The number of fused-ring (bicyclic) bond motifs is 1. The number of carbonyl (C=O) groups is 1. The Labute approximate surface area is 141 Å². The Bertz CT molecular complexity index is 944. The average Bonchev–Trinajstić information content (AvgIpc) is 2.92. The molecule has 3 rings (SSSR count). The summed E-state index contributed by atoms with van der Waals surface area (Å²) >= 11 is 0. The van der Waals surface area contributed by atoms with E-state index in [1.54, 1.807) is 18.2 Å². The maximum atomic E-state index is 12.9. The average molecular weight is 348 g/mol. The van der Waals surface area contributed by atoms with Crippen molar-refractivity contribution in [2.75, 3.05) is 7.11 Å². The number of aromatic carboxylic acids is 1. The lowest BCUT2D eigenvalue weighted by Gasteiger charge is -2.13. The lowest BCUT2D eigenvalue weighted by atomic mass is 10.1. The van der Waals surface area contributed by atoms with E-state index in [0.717, 1.165) is 12.1 Å². The van der Waals surface area contributed by atoms with Crippen molar-refractivity contribution in [3.63, 3.8) is 0 Å². The number of carbonyl (C=O) groups excluding carboxylic acids is 1. The third-order valence-corrected chi connectivity index (χ3v) is 3.91. The lowest BCUT2D eigenvalue weighted by Crippen LogP contribution is -2.25. The molecule has 0 amide bonds. The topological polar surface area (TPSA) is 54.3 Å². The molecule has 0 bridgehead atoms. The van der Waals surface area contributed by atoms with Crippen LogP contribution in [0.5, 0.6) is 5.75 Å². The lowest BCUT2D eigenvalue weighted by molar-refractivity contribution is -0.255. The number of benzene rings is 2. The third kappa shape index (κ3) is 3.31. The summed E-state index contributed by atoms with van der Waals surface area (Å²) in [4.78, 5) is 11.4. The minimum atomic E-state index is -4.46. The molecule has 130 valence electrons. The van der Waals surface area contributed by atoms with Crippen molar-refractivity contribution in [1.82, 2.24) is 4.57 Å². The second-order valence-corrected chi connectivity index (χ2v) is 5.53. The molecule has 0 saturated heterocycles. The molecule has 0 radical (unpaired) electrons. The minimum Gasteiger partial charge on any atom is -0.543 e. The van der Waals surface area contributed by atoms with Crippen molar-refractivity contribution < 1.29 is 27.8 Å². The molecule has 0 unspecified atom stereocenters. The molecule has 0 N–H and O–H groups in total. The van der Waals surface area contributed by atoms with E-state index in [-0.39, 0.29) is 12.2 Å². The van der Waals surface area contributed by atoms with E-state index >= 15 is 0 Å². The molecule has 1 aromatic heterocycles. The SMILES string of the molecule is COc1ccc2c(c1)cc(C(=O)[O-])n2Cc1cccc(C(F)(F)F)c1. The minimum absolute atomic E-state index is 0.0247. The summed E-state index contributed by atoms with van der Waals surface area (Å²) in [5, 5.41) is 12.0. The van der Waals surface area contributed by atoms with Crippen LogP contribution in [0.1, 0.15) is 21.6 Å². The molecule has 0 atom stereocenters. The van der Waals surface area contributed by atoms with Crippen LogP contribution in [0.4, 0.5) is 13.2 Å². The van der Waals surface area contributed by atoms with Crippen LogP contribution in [0.25, 0.3) is 10.9 Å². The summed E-state index contributed by atoms with van der Waals surface area (Å²) in [5.74, 6) is -0.851. The largest absolute Gasteiger partial charge is 0.543 e. The molecule has 4 nitrogen and oxygen atoms in total. The number of rotatable bonds is 4. The summed E-state index contributed by atoms with van der Waals surface area (Å²) in [6.45, 7) is -0.0247. The van der Waals surface area contributed by atoms with Crippen molar-refractivity contribution in [3.8, 4) is 5.75 Å². The van der Waals surface area contributed by atoms with Gasteiger partial charge in [0.15, 0.2) is 0 Å². The molecule has 7 heteroatoms. The van der Waals surface area contributed by atoms with Gasteiger partial charge in [-0.2, -0.15) is 13.2 Å². The maximum absolute atomic E-state index is 12.9. The monoisotopic (exact) mass is 348 g/mol. The van der Waals surface area contributed by atoms with Crippen molar-refractivity contribution in [2.45, 2.75) is 12.7 Å². The van der Waals surface area contributed by atoms with Gasteiger partial charge in [0.1, 0.15) is 5.75 Å². The number of methoxy groups -OCH3 is 1. The highest BCUT2D eigenvalue weighted by atomic mass is 19.4. The van der Waals surface area contributed by atoms with Crippen LogP contribution >= 0.6 is 0 Å². The first kappa shape index (κ1) is 16.9. The van der Waals surface area contributed by atoms with E-state index in [9.17, 15) is 23.1 Å². The molecule has 0 spiro atoms. The summed E-state index contributed by atoms with van der Waals surface area (Å²) in [5.41, 5.74) is 0.0156. The van der Waals surface area contributed by atoms with Gasteiger partial charge in [-0.05, 0) is 42.0 Å². The van der Waals surface area contributed by atoms with Gasteiger partial charge in [-0.3, -0.25) is 0 Å². The Balaban J connectivity index is 2.09. The van der Waals surface area contributed by atoms with Crippen LogP contribution in [0.15, 0.2) is 48.5 Å². The number of alkyl halides is 3. The zero-order valence-corrected chi connectivity index (χ0v) is 13.1. The van der Waals surface area contributed by atoms with Gasteiger partial charge in [-0.15, -0.1) is 0 Å². The molecular formula is C18H13F3NO3-. The Morgan fingerprint density at radius 3 is 2.56 bits per heavy atom. The van der Waals surface area contributed by atoms with E-state index in [1.807, 2.05) is 0 Å². The summed E-state index contributed by atoms with van der Waals surface area (Å²) in [6, 6.07) is 11.2. The number of hydrogen-bond donors (Lipinski definition) is 0. The van der Waals surface area contributed by atoms with E-state index in [2.05, 4.69) is 0 Å². The number of hydrogen-bond acceptors (Lipinski definition) is 3. The van der Waals surface area contributed by atoms with Gasteiger partial charge in [0.05, 0.1) is 24.3 Å². The Morgan fingerprint density at radius 1 is 1.16 bits per heavy atom. The van der Waals surface area contributed by atoms with Gasteiger partial charge in [0.2, 0.25) is 0 Å². The first-order valence-electron chi connectivity index (χ1n) is 7.34. The van der Waals surface area contributed by atoms with Crippen LogP contribution < -0.4 is 9.84 Å². The highest BCUT2D eigenvalue weighted by Gasteiger charge is 2.30. The van der Waals surface area contributed by atoms with E-state index in [0.29, 0.717) is 22.2 Å². The fourth-order valence-electron chi connectivity index (χ4n) is 2.74. The normalized spacial score (nSPS) is 11.7. The summed E-state index contributed by atoms with van der Waals surface area (Å²) in [7, 11) is 1.49. The number of carboxylic acid groups (broad SMARTS) is 1. The van der Waals surface area contributed by atoms with Crippen LogP contribution in [0.3, 0.4) is 0 Å². The van der Waals surface area contributed by atoms with Crippen LogP contribution in [-0.2, 0) is 12.7 Å². The van der Waals surface area contributed by atoms with Gasteiger partial charge in [-0.25, -0.2) is 0 Å². The quantitative estimate of drug-likeness (QED) is 0.728. The molecule has 0 fully saturated rings. The molecule has 1 heterocycles. The molecule has 3 aromatic rings.